The van der Waals surface area contributed by atoms with E-state index in [4.69, 9.17) is 16.3 Å². The van der Waals surface area contributed by atoms with E-state index in [2.05, 4.69) is 5.92 Å². The molecular formula is C12H11NO5. The van der Waals surface area contributed by atoms with Gasteiger partial charge in [0.1, 0.15) is 5.56 Å². The molecule has 0 fully saturated rings. The summed E-state index contributed by atoms with van der Waals surface area (Å²) in [6.07, 6.45) is 6.02. The van der Waals surface area contributed by atoms with Gasteiger partial charge in [0.25, 0.3) is 0 Å². The molecule has 0 amide bonds. The van der Waals surface area contributed by atoms with E-state index < -0.39 is 10.9 Å². The monoisotopic (exact) mass is 249 g/mol. The van der Waals surface area contributed by atoms with Crippen LogP contribution in [0.25, 0.3) is 0 Å². The first-order valence-electron chi connectivity index (χ1n) is 5.15. The van der Waals surface area contributed by atoms with Gasteiger partial charge in [0, 0.05) is 12.5 Å². The first-order valence-corrected chi connectivity index (χ1v) is 5.15. The highest BCUT2D eigenvalue weighted by molar-refractivity contribution is 5.92. The van der Waals surface area contributed by atoms with Crippen molar-refractivity contribution in [3.8, 4) is 18.1 Å². The number of terminal acetylenes is 1. The Bertz CT molecular complexity index is 471. The summed E-state index contributed by atoms with van der Waals surface area (Å²) in [7, 11) is 0. The van der Waals surface area contributed by atoms with Crippen LogP contribution < -0.4 is 4.74 Å². The van der Waals surface area contributed by atoms with Gasteiger partial charge in [-0.3, -0.25) is 10.1 Å². The second-order valence-electron chi connectivity index (χ2n) is 3.37. The van der Waals surface area contributed by atoms with Crippen LogP contribution in [0.5, 0.6) is 5.75 Å². The second kappa shape index (κ2) is 6.25. The molecule has 94 valence electrons. The maximum Gasteiger partial charge on any atom is 0.339 e. The summed E-state index contributed by atoms with van der Waals surface area (Å²) in [6.45, 7) is 0.134. The third kappa shape index (κ3) is 3.22. The minimum atomic E-state index is -1.27. The molecule has 1 aromatic carbocycles. The number of aromatic carboxylic acids is 1. The summed E-state index contributed by atoms with van der Waals surface area (Å²) in [5.74, 6) is 0.896. The van der Waals surface area contributed by atoms with Crippen molar-refractivity contribution in [3.05, 3.63) is 33.9 Å². The zero-order chi connectivity index (χ0) is 13.5. The molecule has 0 heterocycles. The zero-order valence-electron chi connectivity index (χ0n) is 9.46. The van der Waals surface area contributed by atoms with Gasteiger partial charge >= 0.3 is 11.7 Å². The van der Waals surface area contributed by atoms with Crippen molar-refractivity contribution < 1.29 is 19.6 Å². The maximum absolute atomic E-state index is 11.0. The summed E-state index contributed by atoms with van der Waals surface area (Å²) in [6, 6.07) is 3.75. The molecule has 1 rings (SSSR count). The highest BCUT2D eigenvalue weighted by Gasteiger charge is 2.22. The van der Waals surface area contributed by atoms with Gasteiger partial charge in [-0.05, 0) is 12.5 Å². The largest absolute Gasteiger partial charge is 0.486 e. The Morgan fingerprint density at radius 2 is 2.28 bits per heavy atom. The van der Waals surface area contributed by atoms with Gasteiger partial charge in [-0.2, -0.15) is 0 Å². The Morgan fingerprint density at radius 3 is 2.83 bits per heavy atom. The number of carboxylic acid groups (broad SMARTS) is 1. The molecule has 0 unspecified atom stereocenters. The van der Waals surface area contributed by atoms with Gasteiger partial charge in [0.05, 0.1) is 11.5 Å². The van der Waals surface area contributed by atoms with Crippen LogP contribution in [0.15, 0.2) is 18.2 Å². The number of benzene rings is 1. The van der Waals surface area contributed by atoms with Crippen LogP contribution in [-0.2, 0) is 0 Å². The molecule has 0 saturated heterocycles. The van der Waals surface area contributed by atoms with Crippen LogP contribution >= 0.6 is 0 Å². The fourth-order valence-electron chi connectivity index (χ4n) is 1.34. The van der Waals surface area contributed by atoms with Gasteiger partial charge in [-0.1, -0.05) is 6.07 Å². The van der Waals surface area contributed by atoms with Crippen molar-refractivity contribution in [1.82, 2.24) is 0 Å². The van der Waals surface area contributed by atoms with Gasteiger partial charge in [-0.15, -0.1) is 12.3 Å². The molecule has 0 aromatic heterocycles. The first kappa shape index (κ1) is 13.5. The van der Waals surface area contributed by atoms with E-state index >= 15 is 0 Å². The quantitative estimate of drug-likeness (QED) is 0.361. The highest BCUT2D eigenvalue weighted by atomic mass is 16.6. The molecule has 0 aliphatic carbocycles. The standard InChI is InChI=1S/C12H11NO5/c1-2-3-4-8-18-11-9(12(14)15)6-5-7-10(11)13(16)17/h1,5-7H,3-4,8H2,(H,14,15). The van der Waals surface area contributed by atoms with Crippen LogP contribution in [0, 0.1) is 22.5 Å². The van der Waals surface area contributed by atoms with Crippen molar-refractivity contribution in [1.29, 1.82) is 0 Å². The number of nitro benzene ring substituents is 1. The number of nitrogens with zero attached hydrogens (tertiary/aromatic N) is 1. The van der Waals surface area contributed by atoms with Crippen LogP contribution in [0.4, 0.5) is 5.69 Å². The zero-order valence-corrected chi connectivity index (χ0v) is 9.46. The van der Waals surface area contributed by atoms with E-state index in [9.17, 15) is 14.9 Å². The Morgan fingerprint density at radius 1 is 1.56 bits per heavy atom. The highest BCUT2D eigenvalue weighted by Crippen LogP contribution is 2.31. The fourth-order valence-corrected chi connectivity index (χ4v) is 1.34. The topological polar surface area (TPSA) is 89.7 Å². The van der Waals surface area contributed by atoms with Crippen molar-refractivity contribution in [2.75, 3.05) is 6.61 Å². The number of ether oxygens (including phenoxy) is 1. The number of hydrogen-bond acceptors (Lipinski definition) is 4. The molecule has 0 aliphatic heterocycles. The molecule has 0 atom stereocenters. The number of para-hydroxylation sites is 1. The van der Waals surface area contributed by atoms with E-state index in [0.717, 1.165) is 0 Å². The number of carboxylic acids is 1. The molecule has 0 saturated carbocycles. The lowest BCUT2D eigenvalue weighted by Crippen LogP contribution is -2.07. The fraction of sp³-hybridized carbons (Fsp3) is 0.250. The number of hydrogen-bond donors (Lipinski definition) is 1. The molecule has 0 radical (unpaired) electrons. The summed E-state index contributed by atoms with van der Waals surface area (Å²) in [4.78, 5) is 21.1. The minimum Gasteiger partial charge on any atom is -0.486 e. The van der Waals surface area contributed by atoms with E-state index in [1.165, 1.54) is 18.2 Å². The average molecular weight is 249 g/mol. The number of rotatable bonds is 6. The summed E-state index contributed by atoms with van der Waals surface area (Å²) < 4.78 is 5.17. The normalized spacial score (nSPS) is 9.50. The SMILES string of the molecule is C#CCCCOc1c(C(=O)O)cccc1[N+](=O)[O-]. The van der Waals surface area contributed by atoms with E-state index in [0.29, 0.717) is 12.8 Å². The molecule has 1 N–H and O–H groups in total. The van der Waals surface area contributed by atoms with Gasteiger partial charge in [0.2, 0.25) is 5.75 Å². The third-order valence-corrected chi connectivity index (χ3v) is 2.13. The lowest BCUT2D eigenvalue weighted by Gasteiger charge is -2.08. The molecule has 0 aliphatic rings. The molecule has 6 nitrogen and oxygen atoms in total. The lowest BCUT2D eigenvalue weighted by molar-refractivity contribution is -0.385. The van der Waals surface area contributed by atoms with Crippen LogP contribution in [0.3, 0.4) is 0 Å². The lowest BCUT2D eigenvalue weighted by atomic mass is 10.1. The van der Waals surface area contributed by atoms with Gasteiger partial charge in [0.15, 0.2) is 0 Å². The van der Waals surface area contributed by atoms with Crippen LogP contribution in [-0.4, -0.2) is 22.6 Å². The van der Waals surface area contributed by atoms with Crippen LogP contribution in [0.2, 0.25) is 0 Å². The smallest absolute Gasteiger partial charge is 0.339 e. The molecule has 6 heteroatoms. The van der Waals surface area contributed by atoms with Crippen molar-refractivity contribution >= 4 is 11.7 Å². The van der Waals surface area contributed by atoms with Gasteiger partial charge < -0.3 is 9.84 Å². The Kier molecular flexibility index (Phi) is 4.69. The third-order valence-electron chi connectivity index (χ3n) is 2.13. The summed E-state index contributed by atoms with van der Waals surface area (Å²) in [5, 5.41) is 19.7. The van der Waals surface area contributed by atoms with E-state index in [-0.39, 0.29) is 23.6 Å². The summed E-state index contributed by atoms with van der Waals surface area (Å²) in [5.41, 5.74) is -0.597. The molecule has 0 spiro atoms. The van der Waals surface area contributed by atoms with E-state index in [1.807, 2.05) is 0 Å². The van der Waals surface area contributed by atoms with Crippen molar-refractivity contribution in [2.45, 2.75) is 12.8 Å². The number of nitro groups is 1. The van der Waals surface area contributed by atoms with Crippen molar-refractivity contribution in [2.24, 2.45) is 0 Å². The van der Waals surface area contributed by atoms with Crippen molar-refractivity contribution in [3.63, 3.8) is 0 Å². The van der Waals surface area contributed by atoms with E-state index in [1.54, 1.807) is 0 Å². The first-order chi connectivity index (χ1) is 8.57. The van der Waals surface area contributed by atoms with Gasteiger partial charge in [-0.25, -0.2) is 4.79 Å². The predicted octanol–water partition coefficient (Wildman–Crippen LogP) is 2.09. The Hall–Kier alpha value is -2.55. The molecule has 1 aromatic rings. The second-order valence-corrected chi connectivity index (χ2v) is 3.37. The average Bonchev–Trinajstić information content (AvgIpc) is 2.34. The Balaban J connectivity index is 3.00. The maximum atomic E-state index is 11.0. The van der Waals surface area contributed by atoms with Crippen LogP contribution in [0.1, 0.15) is 23.2 Å². The number of unbranched alkanes of at least 4 members (excludes halogenated alkanes) is 1. The predicted molar refractivity (Wildman–Crippen MR) is 63.6 cm³/mol. The Labute approximate surface area is 103 Å². The minimum absolute atomic E-state index is 0.134. The summed E-state index contributed by atoms with van der Waals surface area (Å²) >= 11 is 0. The molecule has 0 bridgehead atoms. The molecular weight excluding hydrogens is 238 g/mol. The number of carbonyl (C=O) groups is 1. The molecule has 18 heavy (non-hydrogen) atoms.